The molecule has 210 valence electrons. The Morgan fingerprint density at radius 1 is 1.13 bits per heavy atom. The van der Waals surface area contributed by atoms with E-state index in [4.69, 9.17) is 24.6 Å². The van der Waals surface area contributed by atoms with Crippen molar-refractivity contribution in [3.05, 3.63) is 40.0 Å². The molecule has 1 aliphatic carbocycles. The number of nitrogens with zero attached hydrogens (tertiary/aromatic N) is 3. The molecule has 1 saturated heterocycles. The topological polar surface area (TPSA) is 75.5 Å². The van der Waals surface area contributed by atoms with Gasteiger partial charge in [-0.1, -0.05) is 18.2 Å². The summed E-state index contributed by atoms with van der Waals surface area (Å²) < 4.78 is 37.8. The Balaban J connectivity index is 0.000000392. The van der Waals surface area contributed by atoms with Crippen LogP contribution < -0.4 is 4.74 Å². The van der Waals surface area contributed by atoms with Crippen molar-refractivity contribution in [3.8, 4) is 5.75 Å². The number of carbonyl (C=O) groups is 1. The van der Waals surface area contributed by atoms with Crippen LogP contribution in [0.1, 0.15) is 67.8 Å². The summed E-state index contributed by atoms with van der Waals surface area (Å²) in [6, 6.07) is 6.65. The van der Waals surface area contributed by atoms with E-state index in [1.54, 1.807) is 4.88 Å². The molecule has 11 heteroatoms. The molecule has 3 aliphatic rings. The van der Waals surface area contributed by atoms with Crippen LogP contribution in [0.25, 0.3) is 10.2 Å². The van der Waals surface area contributed by atoms with Crippen LogP contribution in [0.2, 0.25) is 0 Å². The molecule has 0 unspecified atom stereocenters. The van der Waals surface area contributed by atoms with Gasteiger partial charge in [-0.3, -0.25) is 4.90 Å². The Morgan fingerprint density at radius 3 is 2.56 bits per heavy atom. The van der Waals surface area contributed by atoms with E-state index in [2.05, 4.69) is 36.9 Å². The second kappa shape index (κ2) is 11.2. The molecule has 0 radical (unpaired) electrons. The SMILES string of the molecule is CC1(C)Cc2cc(Sc3nc(CN4CCCCC4)nc4sc5c(c34)CCCC5)ccc2O1.O=C(O)C(F)(F)F. The summed E-state index contributed by atoms with van der Waals surface area (Å²) >= 11 is 3.74. The number of hydrogen-bond acceptors (Lipinski definition) is 7. The number of benzene rings is 1. The highest BCUT2D eigenvalue weighted by atomic mass is 32.2. The summed E-state index contributed by atoms with van der Waals surface area (Å²) in [5.41, 5.74) is 2.72. The minimum Gasteiger partial charge on any atom is -0.487 e. The third kappa shape index (κ3) is 6.69. The highest BCUT2D eigenvalue weighted by molar-refractivity contribution is 7.99. The Labute approximate surface area is 234 Å². The summed E-state index contributed by atoms with van der Waals surface area (Å²) in [7, 11) is 0. The van der Waals surface area contributed by atoms with Crippen molar-refractivity contribution >= 4 is 39.3 Å². The van der Waals surface area contributed by atoms with Gasteiger partial charge in [-0.2, -0.15) is 13.2 Å². The second-order valence-corrected chi connectivity index (χ2v) is 13.0. The molecule has 0 atom stereocenters. The first-order valence-electron chi connectivity index (χ1n) is 13.3. The van der Waals surface area contributed by atoms with E-state index in [1.165, 1.54) is 84.3 Å². The Bertz CT molecular complexity index is 1370. The lowest BCUT2D eigenvalue weighted by Crippen LogP contribution is -2.29. The highest BCUT2D eigenvalue weighted by Crippen LogP contribution is 2.43. The van der Waals surface area contributed by atoms with Gasteiger partial charge in [-0.05, 0) is 94.8 Å². The van der Waals surface area contributed by atoms with Crippen molar-refractivity contribution in [1.29, 1.82) is 0 Å². The van der Waals surface area contributed by atoms with Crippen LogP contribution in [0.3, 0.4) is 0 Å². The van der Waals surface area contributed by atoms with Gasteiger partial charge in [-0.25, -0.2) is 14.8 Å². The molecule has 2 aliphatic heterocycles. The predicted octanol–water partition coefficient (Wildman–Crippen LogP) is 7.05. The number of rotatable bonds is 4. The molecule has 1 aromatic carbocycles. The molecule has 0 bridgehead atoms. The summed E-state index contributed by atoms with van der Waals surface area (Å²) in [6.07, 6.45) is 4.78. The quantitative estimate of drug-likeness (QED) is 0.332. The van der Waals surface area contributed by atoms with E-state index in [9.17, 15) is 13.2 Å². The summed E-state index contributed by atoms with van der Waals surface area (Å²) in [5, 5.41) is 9.61. The molecule has 0 amide bonds. The van der Waals surface area contributed by atoms with Crippen molar-refractivity contribution in [3.63, 3.8) is 0 Å². The number of ether oxygens (including phenoxy) is 1. The third-order valence-corrected chi connectivity index (χ3v) is 9.30. The molecule has 0 spiro atoms. The lowest BCUT2D eigenvalue weighted by atomic mass is 9.97. The van der Waals surface area contributed by atoms with E-state index < -0.39 is 12.1 Å². The molecule has 6 nitrogen and oxygen atoms in total. The van der Waals surface area contributed by atoms with E-state index in [-0.39, 0.29) is 5.60 Å². The number of carboxylic acid groups (broad SMARTS) is 1. The zero-order chi connectivity index (χ0) is 27.8. The first-order valence-corrected chi connectivity index (χ1v) is 15.0. The number of likely N-dealkylation sites (tertiary alicyclic amines) is 1. The molecule has 0 saturated carbocycles. The number of aryl methyl sites for hydroxylation is 2. The highest BCUT2D eigenvalue weighted by Gasteiger charge is 2.38. The lowest BCUT2D eigenvalue weighted by molar-refractivity contribution is -0.192. The number of aromatic nitrogens is 2. The smallest absolute Gasteiger partial charge is 0.487 e. The summed E-state index contributed by atoms with van der Waals surface area (Å²) in [4.78, 5) is 25.7. The predicted molar refractivity (Wildman–Crippen MR) is 146 cm³/mol. The van der Waals surface area contributed by atoms with Crippen LogP contribution in [-0.2, 0) is 30.6 Å². The van der Waals surface area contributed by atoms with Crippen molar-refractivity contribution in [2.45, 2.75) is 93.5 Å². The van der Waals surface area contributed by atoms with E-state index >= 15 is 0 Å². The fraction of sp³-hybridized carbons (Fsp3) is 0.536. The van der Waals surface area contributed by atoms with Crippen molar-refractivity contribution in [2.75, 3.05) is 13.1 Å². The zero-order valence-electron chi connectivity index (χ0n) is 22.1. The van der Waals surface area contributed by atoms with Gasteiger partial charge in [0.25, 0.3) is 0 Å². The monoisotopic (exact) mass is 579 g/mol. The van der Waals surface area contributed by atoms with Gasteiger partial charge in [0.1, 0.15) is 27.0 Å². The molecule has 39 heavy (non-hydrogen) atoms. The first-order chi connectivity index (χ1) is 18.5. The van der Waals surface area contributed by atoms with Crippen molar-refractivity contribution in [1.82, 2.24) is 14.9 Å². The molecule has 1 N–H and O–H groups in total. The second-order valence-electron chi connectivity index (χ2n) is 10.9. The van der Waals surface area contributed by atoms with Gasteiger partial charge in [-0.15, -0.1) is 11.3 Å². The summed E-state index contributed by atoms with van der Waals surface area (Å²) in [6.45, 7) is 7.55. The van der Waals surface area contributed by atoms with Gasteiger partial charge < -0.3 is 9.84 Å². The minimum atomic E-state index is -5.08. The van der Waals surface area contributed by atoms with Crippen molar-refractivity contribution in [2.24, 2.45) is 0 Å². The number of fused-ring (bicyclic) bond motifs is 4. The van der Waals surface area contributed by atoms with Gasteiger partial charge in [0.05, 0.1) is 6.54 Å². The molecule has 6 rings (SSSR count). The van der Waals surface area contributed by atoms with Gasteiger partial charge in [0, 0.05) is 21.6 Å². The van der Waals surface area contributed by atoms with E-state index in [0.717, 1.165) is 29.6 Å². The van der Waals surface area contributed by atoms with E-state index in [1.807, 2.05) is 23.1 Å². The number of carboxylic acids is 1. The molecule has 4 heterocycles. The summed E-state index contributed by atoms with van der Waals surface area (Å²) in [5.74, 6) is -0.732. The molecule has 3 aromatic rings. The number of alkyl halides is 3. The van der Waals surface area contributed by atoms with Crippen LogP contribution in [0.5, 0.6) is 5.75 Å². The number of hydrogen-bond donors (Lipinski definition) is 1. The standard InChI is InChI=1S/C26H31N3OS2.C2HF3O2/c1-26(2)15-17-14-18(10-11-20(17)30-26)31-24-23-19-8-4-5-9-21(19)32-25(23)28-22(27-24)16-29-12-6-3-7-13-29;3-2(4,5)1(6)7/h10-11,14H,3-9,12-13,15-16H2,1-2H3;(H,6,7). The number of thiophene rings is 1. The largest absolute Gasteiger partial charge is 0.490 e. The van der Waals surface area contributed by atoms with Gasteiger partial charge in [0.15, 0.2) is 0 Å². The fourth-order valence-electron chi connectivity index (χ4n) is 5.39. The first kappa shape index (κ1) is 28.2. The lowest BCUT2D eigenvalue weighted by Gasteiger charge is -2.25. The Kier molecular flexibility index (Phi) is 8.13. The average molecular weight is 580 g/mol. The Morgan fingerprint density at radius 2 is 1.85 bits per heavy atom. The van der Waals surface area contributed by atoms with Crippen molar-refractivity contribution < 1.29 is 27.8 Å². The fourth-order valence-corrected chi connectivity index (χ4v) is 7.77. The molecule has 2 aromatic heterocycles. The van der Waals surface area contributed by atoms with Gasteiger partial charge in [0.2, 0.25) is 0 Å². The maximum atomic E-state index is 10.6. The van der Waals surface area contributed by atoms with Crippen LogP contribution in [-0.4, -0.2) is 50.8 Å². The number of piperidine rings is 1. The van der Waals surface area contributed by atoms with E-state index in [0.29, 0.717) is 0 Å². The zero-order valence-corrected chi connectivity index (χ0v) is 23.7. The van der Waals surface area contributed by atoms with Crippen LogP contribution in [0, 0.1) is 0 Å². The normalized spacial score (nSPS) is 18.6. The maximum absolute atomic E-state index is 10.6. The number of aliphatic carboxylic acids is 1. The van der Waals surface area contributed by atoms with Gasteiger partial charge >= 0.3 is 12.1 Å². The number of halogens is 3. The minimum absolute atomic E-state index is 0.109. The maximum Gasteiger partial charge on any atom is 0.490 e. The molecule has 1 fully saturated rings. The molecular weight excluding hydrogens is 547 g/mol. The van der Waals surface area contributed by atoms with Crippen LogP contribution in [0.4, 0.5) is 13.2 Å². The molecular formula is C28H32F3N3O3S2. The van der Waals surface area contributed by atoms with Crippen LogP contribution in [0.15, 0.2) is 28.1 Å². The Hall–Kier alpha value is -2.37. The third-order valence-electron chi connectivity index (χ3n) is 7.13. The average Bonchev–Trinajstić information content (AvgIpc) is 3.39. The van der Waals surface area contributed by atoms with Crippen LogP contribution >= 0.6 is 23.1 Å².